The van der Waals surface area contributed by atoms with E-state index in [2.05, 4.69) is 0 Å². The molecule has 4 rings (SSSR count). The smallest absolute Gasteiger partial charge is 0.339 e. The molecule has 0 fully saturated rings. The molecule has 0 amide bonds. The standard InChI is InChI=1S/C35H32O6/c1-34(2,41-33(39)29-22-14-12-20-27(29)31(37)25-17-9-6-10-18-25)23-40-35(3,4)32(38)28-21-13-11-19-26(28)30(36)24-15-7-5-8-16-24/h5-22H,23H2,1-4H3. The lowest BCUT2D eigenvalue weighted by Crippen LogP contribution is -2.42. The van der Waals surface area contributed by atoms with Gasteiger partial charge in [-0.15, -0.1) is 0 Å². The van der Waals surface area contributed by atoms with E-state index < -0.39 is 17.2 Å². The van der Waals surface area contributed by atoms with Crippen LogP contribution in [-0.4, -0.2) is 41.1 Å². The molecule has 0 heterocycles. The van der Waals surface area contributed by atoms with E-state index in [1.54, 1.807) is 125 Å². The molecule has 0 saturated carbocycles. The van der Waals surface area contributed by atoms with Crippen LogP contribution in [0, 0.1) is 0 Å². The van der Waals surface area contributed by atoms with Crippen molar-refractivity contribution in [2.75, 3.05) is 6.61 Å². The van der Waals surface area contributed by atoms with Crippen molar-refractivity contribution in [1.29, 1.82) is 0 Å². The molecule has 0 atom stereocenters. The third-order valence-electron chi connectivity index (χ3n) is 6.58. The SMILES string of the molecule is CC(C)(COC(C)(C)C(=O)c1ccccc1C(=O)c1ccccc1)OC(=O)c1ccccc1C(=O)c1ccccc1. The molecule has 6 nitrogen and oxygen atoms in total. The average molecular weight is 549 g/mol. The van der Waals surface area contributed by atoms with Gasteiger partial charge in [0, 0.05) is 27.8 Å². The molecule has 41 heavy (non-hydrogen) atoms. The molecule has 0 N–H and O–H groups in total. The van der Waals surface area contributed by atoms with Crippen molar-refractivity contribution in [3.63, 3.8) is 0 Å². The van der Waals surface area contributed by atoms with Crippen LogP contribution in [0.3, 0.4) is 0 Å². The maximum atomic E-state index is 13.6. The largest absolute Gasteiger partial charge is 0.454 e. The highest BCUT2D eigenvalue weighted by Crippen LogP contribution is 2.25. The van der Waals surface area contributed by atoms with Crippen molar-refractivity contribution < 1.29 is 28.7 Å². The Balaban J connectivity index is 1.48. The maximum absolute atomic E-state index is 13.6. The summed E-state index contributed by atoms with van der Waals surface area (Å²) >= 11 is 0. The van der Waals surface area contributed by atoms with Gasteiger partial charge in [-0.2, -0.15) is 0 Å². The lowest BCUT2D eigenvalue weighted by Gasteiger charge is -2.31. The monoisotopic (exact) mass is 548 g/mol. The Kier molecular flexibility index (Phi) is 8.74. The average Bonchev–Trinajstić information content (AvgIpc) is 2.99. The molecule has 0 radical (unpaired) electrons. The number of carbonyl (C=O) groups excluding carboxylic acids is 4. The van der Waals surface area contributed by atoms with Gasteiger partial charge in [0.15, 0.2) is 17.3 Å². The molecule has 0 saturated heterocycles. The predicted molar refractivity (Wildman–Crippen MR) is 156 cm³/mol. The van der Waals surface area contributed by atoms with Crippen LogP contribution in [0.4, 0.5) is 0 Å². The van der Waals surface area contributed by atoms with Crippen molar-refractivity contribution in [2.45, 2.75) is 38.9 Å². The predicted octanol–water partition coefficient (Wildman–Crippen LogP) is 6.76. The number of hydrogen-bond acceptors (Lipinski definition) is 6. The van der Waals surface area contributed by atoms with Gasteiger partial charge >= 0.3 is 5.97 Å². The number of hydrogen-bond donors (Lipinski definition) is 0. The highest BCUT2D eigenvalue weighted by Gasteiger charge is 2.36. The molecule has 4 aromatic rings. The summed E-state index contributed by atoms with van der Waals surface area (Å²) in [5.74, 6) is -1.61. The summed E-state index contributed by atoms with van der Waals surface area (Å²) < 4.78 is 11.8. The number of rotatable bonds is 11. The second-order valence-corrected chi connectivity index (χ2v) is 10.8. The Morgan fingerprint density at radius 1 is 0.537 bits per heavy atom. The van der Waals surface area contributed by atoms with E-state index >= 15 is 0 Å². The molecule has 0 unspecified atom stereocenters. The van der Waals surface area contributed by atoms with E-state index in [4.69, 9.17) is 9.47 Å². The summed E-state index contributed by atoms with van der Waals surface area (Å²) in [7, 11) is 0. The van der Waals surface area contributed by atoms with Crippen LogP contribution < -0.4 is 0 Å². The second-order valence-electron chi connectivity index (χ2n) is 10.8. The fourth-order valence-corrected chi connectivity index (χ4v) is 4.31. The van der Waals surface area contributed by atoms with E-state index in [1.165, 1.54) is 0 Å². The first-order valence-electron chi connectivity index (χ1n) is 13.3. The Bertz CT molecular complexity index is 1570. The van der Waals surface area contributed by atoms with E-state index in [0.717, 1.165) is 0 Å². The summed E-state index contributed by atoms with van der Waals surface area (Å²) in [6.07, 6.45) is 0. The Morgan fingerprint density at radius 3 is 1.41 bits per heavy atom. The van der Waals surface area contributed by atoms with Crippen LogP contribution in [0.1, 0.15) is 80.3 Å². The summed E-state index contributed by atoms with van der Waals surface area (Å²) in [6.45, 7) is 6.46. The van der Waals surface area contributed by atoms with Gasteiger partial charge in [-0.3, -0.25) is 14.4 Å². The van der Waals surface area contributed by atoms with Crippen molar-refractivity contribution in [1.82, 2.24) is 0 Å². The van der Waals surface area contributed by atoms with E-state index in [1.807, 2.05) is 12.1 Å². The molecule has 4 aromatic carbocycles. The second kappa shape index (κ2) is 12.2. The molecule has 6 heteroatoms. The zero-order valence-corrected chi connectivity index (χ0v) is 23.5. The topological polar surface area (TPSA) is 86.7 Å². The molecule has 0 bridgehead atoms. The van der Waals surface area contributed by atoms with Gasteiger partial charge < -0.3 is 9.47 Å². The van der Waals surface area contributed by atoms with Crippen LogP contribution in [0.15, 0.2) is 109 Å². The Labute approximate surface area is 239 Å². The zero-order valence-electron chi connectivity index (χ0n) is 23.5. The Morgan fingerprint density at radius 2 is 0.927 bits per heavy atom. The normalized spacial score (nSPS) is 11.5. The third kappa shape index (κ3) is 6.91. The van der Waals surface area contributed by atoms with E-state index in [-0.39, 0.29) is 46.2 Å². The summed E-state index contributed by atoms with van der Waals surface area (Å²) in [5, 5.41) is 0. The van der Waals surface area contributed by atoms with Crippen molar-refractivity contribution in [2.24, 2.45) is 0 Å². The number of Topliss-reactive ketones (excluding diaryl/α,β-unsaturated/α-hetero) is 1. The van der Waals surface area contributed by atoms with Crippen LogP contribution >= 0.6 is 0 Å². The number of carbonyl (C=O) groups is 4. The first-order chi connectivity index (χ1) is 19.5. The summed E-state index contributed by atoms with van der Waals surface area (Å²) in [5.41, 5.74) is -0.643. The lowest BCUT2D eigenvalue weighted by atomic mass is 9.89. The molecular formula is C35H32O6. The number of ketones is 3. The van der Waals surface area contributed by atoms with Gasteiger partial charge in [0.25, 0.3) is 0 Å². The molecule has 208 valence electrons. The lowest BCUT2D eigenvalue weighted by molar-refractivity contribution is -0.0845. The quantitative estimate of drug-likeness (QED) is 0.152. The number of esters is 1. The summed E-state index contributed by atoms with van der Waals surface area (Å²) in [4.78, 5) is 53.1. The van der Waals surface area contributed by atoms with Gasteiger partial charge in [0.2, 0.25) is 0 Å². The molecule has 0 aliphatic carbocycles. The van der Waals surface area contributed by atoms with E-state index in [0.29, 0.717) is 11.1 Å². The fourth-order valence-electron chi connectivity index (χ4n) is 4.31. The van der Waals surface area contributed by atoms with Gasteiger partial charge in [0.1, 0.15) is 11.2 Å². The van der Waals surface area contributed by atoms with Gasteiger partial charge in [0.05, 0.1) is 12.2 Å². The zero-order chi connectivity index (χ0) is 29.6. The van der Waals surface area contributed by atoms with Crippen LogP contribution in [0.2, 0.25) is 0 Å². The summed E-state index contributed by atoms with van der Waals surface area (Å²) in [6, 6.07) is 30.6. The maximum Gasteiger partial charge on any atom is 0.339 e. The van der Waals surface area contributed by atoms with Gasteiger partial charge in [-0.1, -0.05) is 103 Å². The van der Waals surface area contributed by atoms with E-state index in [9.17, 15) is 19.2 Å². The highest BCUT2D eigenvalue weighted by atomic mass is 16.6. The van der Waals surface area contributed by atoms with Crippen LogP contribution in [0.25, 0.3) is 0 Å². The minimum Gasteiger partial charge on any atom is -0.454 e. The minimum atomic E-state index is -1.34. The number of ether oxygens (including phenoxy) is 2. The molecule has 0 aliphatic rings. The first kappa shape index (κ1) is 29.3. The minimum absolute atomic E-state index is 0.110. The van der Waals surface area contributed by atoms with Crippen molar-refractivity contribution >= 4 is 23.3 Å². The molecule has 0 aliphatic heterocycles. The fraction of sp³-hybridized carbons (Fsp3) is 0.200. The molecule has 0 aromatic heterocycles. The van der Waals surface area contributed by atoms with Crippen molar-refractivity contribution in [3.05, 3.63) is 143 Å². The third-order valence-corrected chi connectivity index (χ3v) is 6.58. The van der Waals surface area contributed by atoms with Crippen LogP contribution in [0.5, 0.6) is 0 Å². The van der Waals surface area contributed by atoms with Gasteiger partial charge in [-0.25, -0.2) is 4.79 Å². The van der Waals surface area contributed by atoms with Crippen LogP contribution in [-0.2, 0) is 9.47 Å². The molecular weight excluding hydrogens is 516 g/mol. The number of benzene rings is 4. The molecule has 0 spiro atoms. The Hall–Kier alpha value is -4.68. The van der Waals surface area contributed by atoms with Gasteiger partial charge in [-0.05, 0) is 33.8 Å². The first-order valence-corrected chi connectivity index (χ1v) is 13.3. The van der Waals surface area contributed by atoms with Crippen molar-refractivity contribution in [3.8, 4) is 0 Å². The highest BCUT2D eigenvalue weighted by molar-refractivity contribution is 6.17.